The van der Waals surface area contributed by atoms with Crippen LogP contribution in [0.2, 0.25) is 0 Å². The monoisotopic (exact) mass is 364 g/mol. The molecule has 1 N–H and O–H groups in total. The first-order valence-corrected chi connectivity index (χ1v) is 7.41. The summed E-state index contributed by atoms with van der Waals surface area (Å²) in [6.07, 6.45) is 3.50. The van der Waals surface area contributed by atoms with Crippen molar-refractivity contribution in [2.24, 2.45) is 0 Å². The second kappa shape index (κ2) is 10.9. The summed E-state index contributed by atoms with van der Waals surface area (Å²) in [5.41, 5.74) is 0. The second-order valence-corrected chi connectivity index (χ2v) is 4.47. The molecule has 0 amide bonds. The maximum atomic E-state index is 8.70. The van der Waals surface area contributed by atoms with Crippen molar-refractivity contribution in [3.05, 3.63) is 30.6 Å². The first-order chi connectivity index (χ1) is 7.00. The molecule has 17 heavy (non-hydrogen) atoms. The fourth-order valence-corrected chi connectivity index (χ4v) is 0.313. The van der Waals surface area contributed by atoms with Crippen LogP contribution in [0.15, 0.2) is 30.6 Å². The van der Waals surface area contributed by atoms with Crippen LogP contribution in [0, 0.1) is 0 Å². The summed E-state index contributed by atoms with van der Waals surface area (Å²) in [7, 11) is 0. The molecule has 97 valence electrons. The molecule has 0 aliphatic rings. The zero-order chi connectivity index (χ0) is 13.2. The quantitative estimate of drug-likeness (QED) is 0.490. The zero-order valence-electron chi connectivity index (χ0n) is 7.86. The Labute approximate surface area is 112 Å². The molecule has 0 saturated heterocycles. The molecule has 0 fully saturated rings. The predicted octanol–water partition coefficient (Wildman–Crippen LogP) is -3.53. The Balaban J connectivity index is -0.000000170. The minimum Gasteiger partial charge on any atom is -0.265 e. The fourth-order valence-electron chi connectivity index (χ4n) is 0.313. The van der Waals surface area contributed by atoms with Gasteiger partial charge in [-0.05, 0) is 12.1 Å². The summed E-state index contributed by atoms with van der Waals surface area (Å²) in [6, 6.07) is 5.72. The van der Waals surface area contributed by atoms with Crippen molar-refractivity contribution >= 4 is 0 Å². The van der Waals surface area contributed by atoms with Gasteiger partial charge in [0.1, 0.15) is 0 Å². The Hall–Kier alpha value is -0.213. The van der Waals surface area contributed by atoms with Crippen molar-refractivity contribution in [1.29, 1.82) is 0 Å². The zero-order valence-corrected chi connectivity index (χ0v) is 11.7. The van der Waals surface area contributed by atoms with E-state index in [9.17, 15) is 0 Å². The molecule has 0 aromatic carbocycles. The first kappa shape index (κ1) is 22.0. The summed E-state index contributed by atoms with van der Waals surface area (Å²) in [5.74, 6) is 0. The molecule has 0 atom stereocenters. The van der Waals surface area contributed by atoms with Gasteiger partial charge < -0.3 is 0 Å². The predicted molar refractivity (Wildman–Crippen MR) is 29.2 cm³/mol. The largest absolute Gasteiger partial charge is 0.265 e. The summed E-state index contributed by atoms with van der Waals surface area (Å²) in [4.78, 5) is 3.78. The number of rotatable bonds is 0. The van der Waals surface area contributed by atoms with E-state index in [2.05, 4.69) is 4.98 Å². The van der Waals surface area contributed by atoms with Crippen molar-refractivity contribution in [1.82, 2.24) is 4.98 Å². The van der Waals surface area contributed by atoms with E-state index in [0.717, 1.165) is 0 Å². The third kappa shape index (κ3) is 89.6. The van der Waals surface area contributed by atoms with E-state index in [1.54, 1.807) is 12.4 Å². The number of hydrogen-bond donors (Lipinski definition) is 1. The number of nitrogens with zero attached hydrogens (tertiary/aromatic N) is 1. The molecule has 0 saturated carbocycles. The van der Waals surface area contributed by atoms with Crippen LogP contribution in [0.25, 0.3) is 0 Å². The van der Waals surface area contributed by atoms with E-state index in [-0.39, 0.29) is 17.4 Å². The fraction of sp³-hybridized carbons (Fsp3) is 0. The molecule has 1 aromatic heterocycles. The molecule has 0 aliphatic heterocycles. The van der Waals surface area contributed by atoms with Gasteiger partial charge in [0.15, 0.2) is 0 Å². The van der Waals surface area contributed by atoms with Gasteiger partial charge in [-0.3, -0.25) is 4.98 Å². The SMILES string of the molecule is [Cr+3].[O]=[Cr](=[O])([O-])[O-].[O]=[Cr](=[O])([O-])[OH].c1ccncc1. The van der Waals surface area contributed by atoms with Crippen molar-refractivity contribution in [3.8, 4) is 0 Å². The van der Waals surface area contributed by atoms with Crippen molar-refractivity contribution in [2.75, 3.05) is 0 Å². The normalized spacial score (nSPS) is 9.65. The summed E-state index contributed by atoms with van der Waals surface area (Å²) >= 11 is -11.2. The molecule has 0 unspecified atom stereocenters. The van der Waals surface area contributed by atoms with Gasteiger partial charge in [0, 0.05) is 12.4 Å². The minimum absolute atomic E-state index is 0. The van der Waals surface area contributed by atoms with Gasteiger partial charge in [0.2, 0.25) is 0 Å². The topological polar surface area (TPSA) is 171 Å². The number of aromatic nitrogens is 1. The van der Waals surface area contributed by atoms with Crippen molar-refractivity contribution < 1.29 is 76.4 Å². The van der Waals surface area contributed by atoms with Gasteiger partial charge >= 0.3 is 76.4 Å². The average molecular weight is 364 g/mol. The van der Waals surface area contributed by atoms with Crippen molar-refractivity contribution in [2.45, 2.75) is 0 Å². The van der Waals surface area contributed by atoms with E-state index >= 15 is 0 Å². The number of hydrogen-bond acceptors (Lipinski definition) is 8. The van der Waals surface area contributed by atoms with Gasteiger partial charge in [-0.2, -0.15) is 0 Å². The molecule has 12 heteroatoms. The molecular formula is C5H6Cr3NO8. The van der Waals surface area contributed by atoms with E-state index in [1.807, 2.05) is 18.2 Å². The molecule has 0 bridgehead atoms. The van der Waals surface area contributed by atoms with E-state index < -0.39 is 27.2 Å². The Morgan fingerprint density at radius 3 is 1.18 bits per heavy atom. The Bertz CT molecular complexity index is 382. The van der Waals surface area contributed by atoms with Crippen LogP contribution in [0.4, 0.5) is 0 Å². The van der Waals surface area contributed by atoms with Crippen LogP contribution in [0.5, 0.6) is 0 Å². The maximum Gasteiger partial charge on any atom is 0.0267 e. The van der Waals surface area contributed by atoms with Crippen LogP contribution in [0.1, 0.15) is 0 Å². The Morgan fingerprint density at radius 1 is 0.882 bits per heavy atom. The smallest absolute Gasteiger partial charge is 0.0267 e. The van der Waals surface area contributed by atoms with E-state index in [4.69, 9.17) is 31.8 Å². The third-order valence-electron chi connectivity index (χ3n) is 0.566. The van der Waals surface area contributed by atoms with Crippen LogP contribution in [-0.4, -0.2) is 9.14 Å². The molecule has 0 aliphatic carbocycles. The minimum atomic E-state index is -5.75. The van der Waals surface area contributed by atoms with Crippen LogP contribution < -0.4 is 12.5 Å². The summed E-state index contributed by atoms with van der Waals surface area (Å²) < 4.78 is 67.5. The van der Waals surface area contributed by atoms with Crippen molar-refractivity contribution in [3.63, 3.8) is 0 Å². The van der Waals surface area contributed by atoms with Crippen LogP contribution >= 0.6 is 0 Å². The van der Waals surface area contributed by atoms with E-state index in [1.165, 1.54) is 0 Å². The average Bonchev–Trinajstić information content (AvgIpc) is 2.01. The van der Waals surface area contributed by atoms with Crippen LogP contribution in [-0.2, 0) is 59.8 Å². The van der Waals surface area contributed by atoms with Gasteiger partial charge in [-0.15, -0.1) is 0 Å². The van der Waals surface area contributed by atoms with E-state index in [0.29, 0.717) is 0 Å². The molecule has 9 nitrogen and oxygen atoms in total. The first-order valence-electron chi connectivity index (χ1n) is 3.20. The molecule has 0 spiro atoms. The van der Waals surface area contributed by atoms with Gasteiger partial charge in [-0.1, -0.05) is 6.07 Å². The maximum absolute atomic E-state index is 8.70. The number of pyridine rings is 1. The molecular weight excluding hydrogens is 358 g/mol. The molecule has 1 radical (unpaired) electrons. The summed E-state index contributed by atoms with van der Waals surface area (Å²) in [6.45, 7) is 0. The van der Waals surface area contributed by atoms with Crippen LogP contribution in [0.3, 0.4) is 0 Å². The molecule has 1 rings (SSSR count). The molecule has 1 heterocycles. The van der Waals surface area contributed by atoms with Gasteiger partial charge in [0.05, 0.1) is 0 Å². The molecule has 1 aromatic rings. The standard InChI is InChI=1S/C5H5N.3Cr.H2O.7O/c1-2-4-6-5-3-1;;;;;;;;;;;/h1-5H;;;;1H2;;;;;;;/q;;+1;+3;;;;;;3*-1/p-1. The van der Waals surface area contributed by atoms with Gasteiger partial charge in [0.25, 0.3) is 0 Å². The Morgan fingerprint density at radius 2 is 1.12 bits per heavy atom. The van der Waals surface area contributed by atoms with Gasteiger partial charge in [-0.25, -0.2) is 0 Å². The second-order valence-electron chi connectivity index (χ2n) is 1.86. The summed E-state index contributed by atoms with van der Waals surface area (Å²) in [5, 5.41) is 0. The third-order valence-corrected chi connectivity index (χ3v) is 0.566. The Kier molecular flexibility index (Phi) is 14.1.